The first kappa shape index (κ1) is 21.0. The van der Waals surface area contributed by atoms with Crippen LogP contribution in [-0.4, -0.2) is 30.0 Å². The van der Waals surface area contributed by atoms with E-state index in [9.17, 15) is 4.39 Å². The lowest BCUT2D eigenvalue weighted by molar-refractivity contribution is -0.0630. The van der Waals surface area contributed by atoms with E-state index in [1.165, 1.54) is 12.1 Å². The Kier molecular flexibility index (Phi) is 5.61. The third-order valence-corrected chi connectivity index (χ3v) is 5.89. The van der Waals surface area contributed by atoms with Gasteiger partial charge in [-0.25, -0.2) is 9.37 Å². The molecule has 1 N–H and O–H groups in total. The van der Waals surface area contributed by atoms with Gasteiger partial charge in [-0.1, -0.05) is 12.1 Å². The highest BCUT2D eigenvalue weighted by molar-refractivity contribution is 5.84. The number of aromatic nitrogens is 1. The molecule has 0 aliphatic carbocycles. The van der Waals surface area contributed by atoms with Crippen molar-refractivity contribution in [3.8, 4) is 17.4 Å². The summed E-state index contributed by atoms with van der Waals surface area (Å²) in [5.41, 5.74) is 2.32. The maximum Gasteiger partial charge on any atom is 0.231 e. The van der Waals surface area contributed by atoms with Crippen LogP contribution in [0.2, 0.25) is 0 Å². The molecule has 0 spiro atoms. The summed E-state index contributed by atoms with van der Waals surface area (Å²) in [6.45, 7) is 6.04. The Hall–Kier alpha value is -2.90. The van der Waals surface area contributed by atoms with Crippen LogP contribution in [0.25, 0.3) is 10.9 Å². The van der Waals surface area contributed by atoms with Gasteiger partial charge in [-0.3, -0.25) is 0 Å². The van der Waals surface area contributed by atoms with E-state index in [1.807, 2.05) is 18.2 Å². The Morgan fingerprint density at radius 1 is 1.16 bits per heavy atom. The van der Waals surface area contributed by atoms with E-state index in [2.05, 4.69) is 25.2 Å². The number of fused-ring (bicyclic) bond motifs is 2. The Bertz CT molecular complexity index is 1130. The average molecular weight is 438 g/mol. The zero-order chi connectivity index (χ0) is 22.1. The van der Waals surface area contributed by atoms with Gasteiger partial charge < -0.3 is 24.3 Å². The molecule has 0 saturated carbocycles. The monoisotopic (exact) mass is 438 g/mol. The highest BCUT2D eigenvalue weighted by atomic mass is 19.1. The Labute approximate surface area is 186 Å². The molecule has 1 atom stereocenters. The van der Waals surface area contributed by atoms with E-state index in [-0.39, 0.29) is 24.8 Å². The van der Waals surface area contributed by atoms with Crippen molar-refractivity contribution >= 4 is 10.9 Å². The molecule has 2 aromatic carbocycles. The number of halogens is 1. The minimum atomic E-state index is -0.283. The normalized spacial score (nSPS) is 19.3. The Morgan fingerprint density at radius 2 is 2.00 bits per heavy atom. The number of hydrogen-bond donors (Lipinski definition) is 1. The first-order valence-electron chi connectivity index (χ1n) is 10.9. The van der Waals surface area contributed by atoms with Gasteiger partial charge in [0.1, 0.15) is 12.4 Å². The minimum Gasteiger partial charge on any atom is -0.473 e. The van der Waals surface area contributed by atoms with E-state index in [4.69, 9.17) is 23.9 Å². The predicted octanol–water partition coefficient (Wildman–Crippen LogP) is 4.73. The van der Waals surface area contributed by atoms with Gasteiger partial charge in [-0.15, -0.1) is 0 Å². The third kappa shape index (κ3) is 4.64. The lowest BCUT2D eigenvalue weighted by atomic mass is 9.94. The van der Waals surface area contributed by atoms with Crippen LogP contribution in [0.5, 0.6) is 17.4 Å². The van der Waals surface area contributed by atoms with Gasteiger partial charge in [0.05, 0.1) is 11.1 Å². The zero-order valence-corrected chi connectivity index (χ0v) is 18.3. The summed E-state index contributed by atoms with van der Waals surface area (Å²) in [6.07, 6.45) is 1.90. The van der Waals surface area contributed by atoms with Gasteiger partial charge in [0.2, 0.25) is 12.7 Å². The van der Waals surface area contributed by atoms with Gasteiger partial charge in [0.15, 0.2) is 11.5 Å². The maximum atomic E-state index is 13.6. The average Bonchev–Trinajstić information content (AvgIpc) is 3.21. The molecule has 0 amide bonds. The van der Waals surface area contributed by atoms with Crippen molar-refractivity contribution in [2.75, 3.05) is 13.4 Å². The SMILES string of the molecule is CC1(C)C[C@H](NCc2cc3cc4c(cc3nc2OCc2cccc(F)c2)OCO4)CCO1. The largest absolute Gasteiger partial charge is 0.473 e. The van der Waals surface area contributed by atoms with Crippen molar-refractivity contribution in [2.24, 2.45) is 0 Å². The van der Waals surface area contributed by atoms with Crippen LogP contribution >= 0.6 is 0 Å². The molecule has 7 heteroatoms. The number of benzene rings is 2. The van der Waals surface area contributed by atoms with Crippen molar-refractivity contribution in [1.29, 1.82) is 0 Å². The number of nitrogens with zero attached hydrogens (tertiary/aromatic N) is 1. The summed E-state index contributed by atoms with van der Waals surface area (Å²) in [5, 5.41) is 4.60. The summed E-state index contributed by atoms with van der Waals surface area (Å²) >= 11 is 0. The summed E-state index contributed by atoms with van der Waals surface area (Å²) in [5.74, 6) is 1.64. The molecule has 0 unspecified atom stereocenters. The molecular formula is C25H27FN2O4. The van der Waals surface area contributed by atoms with Gasteiger partial charge in [-0.05, 0) is 56.5 Å². The van der Waals surface area contributed by atoms with Crippen molar-refractivity contribution in [1.82, 2.24) is 10.3 Å². The molecule has 32 heavy (non-hydrogen) atoms. The van der Waals surface area contributed by atoms with Crippen molar-refractivity contribution in [3.63, 3.8) is 0 Å². The molecular weight excluding hydrogens is 411 g/mol. The third-order valence-electron chi connectivity index (χ3n) is 5.89. The fourth-order valence-corrected chi connectivity index (χ4v) is 4.28. The number of pyridine rings is 1. The van der Waals surface area contributed by atoms with E-state index in [0.717, 1.165) is 47.2 Å². The molecule has 1 aromatic heterocycles. The van der Waals surface area contributed by atoms with Gasteiger partial charge in [0.25, 0.3) is 0 Å². The fraction of sp³-hybridized carbons (Fsp3) is 0.400. The predicted molar refractivity (Wildman–Crippen MR) is 118 cm³/mol. The molecule has 3 aromatic rings. The second-order valence-electron chi connectivity index (χ2n) is 8.95. The van der Waals surface area contributed by atoms with Crippen molar-refractivity contribution < 1.29 is 23.3 Å². The number of rotatable bonds is 6. The minimum absolute atomic E-state index is 0.133. The van der Waals surface area contributed by atoms with E-state index >= 15 is 0 Å². The van der Waals surface area contributed by atoms with Crippen LogP contribution in [-0.2, 0) is 17.9 Å². The van der Waals surface area contributed by atoms with E-state index in [0.29, 0.717) is 24.2 Å². The Balaban J connectivity index is 1.41. The van der Waals surface area contributed by atoms with Crippen LogP contribution in [0.4, 0.5) is 4.39 Å². The maximum absolute atomic E-state index is 13.6. The fourth-order valence-electron chi connectivity index (χ4n) is 4.28. The van der Waals surface area contributed by atoms with Crippen LogP contribution < -0.4 is 19.5 Å². The standard InChI is InChI=1S/C25H27FN2O4/c1-25(2)12-20(6-7-32-25)27-13-18-9-17-10-22-23(31-15-30-22)11-21(17)28-24(18)29-14-16-4-3-5-19(26)8-16/h3-5,8-11,20,27H,6-7,12-15H2,1-2H3/t20-/m1/s1. The number of nitrogens with one attached hydrogen (secondary N) is 1. The van der Waals surface area contributed by atoms with Gasteiger partial charge >= 0.3 is 0 Å². The summed E-state index contributed by atoms with van der Waals surface area (Å²) in [6, 6.07) is 12.6. The highest BCUT2D eigenvalue weighted by Gasteiger charge is 2.28. The molecule has 6 nitrogen and oxygen atoms in total. The van der Waals surface area contributed by atoms with Crippen LogP contribution in [0.3, 0.4) is 0 Å². The van der Waals surface area contributed by atoms with Crippen LogP contribution in [0.15, 0.2) is 42.5 Å². The Morgan fingerprint density at radius 3 is 2.81 bits per heavy atom. The number of hydrogen-bond acceptors (Lipinski definition) is 6. The molecule has 5 rings (SSSR count). The second kappa shape index (κ2) is 8.56. The molecule has 0 radical (unpaired) electrons. The highest BCUT2D eigenvalue weighted by Crippen LogP contribution is 2.37. The lowest BCUT2D eigenvalue weighted by Gasteiger charge is -2.36. The van der Waals surface area contributed by atoms with E-state index < -0.39 is 0 Å². The summed E-state index contributed by atoms with van der Waals surface area (Å²) in [7, 11) is 0. The summed E-state index contributed by atoms with van der Waals surface area (Å²) < 4.78 is 36.5. The molecule has 1 fully saturated rings. The van der Waals surface area contributed by atoms with Gasteiger partial charge in [-0.2, -0.15) is 0 Å². The smallest absolute Gasteiger partial charge is 0.231 e. The lowest BCUT2D eigenvalue weighted by Crippen LogP contribution is -2.43. The van der Waals surface area contributed by atoms with E-state index in [1.54, 1.807) is 6.07 Å². The topological polar surface area (TPSA) is 61.8 Å². The van der Waals surface area contributed by atoms with Crippen LogP contribution in [0, 0.1) is 5.82 Å². The second-order valence-corrected chi connectivity index (χ2v) is 8.95. The first-order valence-corrected chi connectivity index (χ1v) is 10.9. The summed E-state index contributed by atoms with van der Waals surface area (Å²) in [4.78, 5) is 4.77. The molecule has 168 valence electrons. The molecule has 2 aliphatic rings. The van der Waals surface area contributed by atoms with Crippen LogP contribution in [0.1, 0.15) is 37.8 Å². The quantitative estimate of drug-likeness (QED) is 0.601. The first-order chi connectivity index (χ1) is 15.4. The zero-order valence-electron chi connectivity index (χ0n) is 18.3. The number of ether oxygens (including phenoxy) is 4. The van der Waals surface area contributed by atoms with Gasteiger partial charge in [0, 0.05) is 36.2 Å². The molecule has 2 aliphatic heterocycles. The van der Waals surface area contributed by atoms with Crippen molar-refractivity contribution in [2.45, 2.75) is 51.5 Å². The van der Waals surface area contributed by atoms with Crippen molar-refractivity contribution in [3.05, 3.63) is 59.4 Å². The molecule has 0 bridgehead atoms. The molecule has 1 saturated heterocycles. The molecule has 3 heterocycles.